The summed E-state index contributed by atoms with van der Waals surface area (Å²) in [5.74, 6) is 0.246. The predicted octanol–water partition coefficient (Wildman–Crippen LogP) is 3.31. The second kappa shape index (κ2) is 8.80. The number of benzene rings is 2. The zero-order valence-corrected chi connectivity index (χ0v) is 18.5. The molecular weight excluding hydrogens is 443 g/mol. The third kappa shape index (κ3) is 4.64. The van der Waals surface area contributed by atoms with E-state index in [9.17, 15) is 17.6 Å². The van der Waals surface area contributed by atoms with E-state index < -0.39 is 15.7 Å². The number of nitrogens with zero attached hydrogens (tertiary/aromatic N) is 2. The Labute approximate surface area is 182 Å². The molecule has 0 bridgehead atoms. The largest absolute Gasteiger partial charge is 0.486 e. The summed E-state index contributed by atoms with van der Waals surface area (Å²) < 4.78 is 51.8. The van der Waals surface area contributed by atoms with Crippen LogP contribution in [0.3, 0.4) is 0 Å². The number of hydrogen-bond acceptors (Lipinski definition) is 6. The van der Waals surface area contributed by atoms with Crippen LogP contribution in [0.25, 0.3) is 10.2 Å². The molecule has 2 aromatic carbocycles. The first kappa shape index (κ1) is 21.5. The summed E-state index contributed by atoms with van der Waals surface area (Å²) in [6.07, 6.45) is 0.135. The van der Waals surface area contributed by atoms with Crippen LogP contribution < -0.4 is 14.3 Å². The summed E-state index contributed by atoms with van der Waals surface area (Å²) in [7, 11) is -3.58. The van der Waals surface area contributed by atoms with Gasteiger partial charge in [0.05, 0.1) is 20.9 Å². The van der Waals surface area contributed by atoms with Crippen LogP contribution in [0.2, 0.25) is 0 Å². The zero-order chi connectivity index (χ0) is 22.0. The van der Waals surface area contributed by atoms with Gasteiger partial charge in [-0.2, -0.15) is 4.99 Å². The van der Waals surface area contributed by atoms with Crippen LogP contribution >= 0.6 is 11.3 Å². The number of aryl methyl sites for hydroxylation is 1. The van der Waals surface area contributed by atoms with E-state index >= 15 is 0 Å². The maximum Gasteiger partial charge on any atom is 0.248 e. The molecule has 0 atom stereocenters. The molecule has 7 nitrogen and oxygen atoms in total. The van der Waals surface area contributed by atoms with Crippen molar-refractivity contribution in [3.63, 3.8) is 0 Å². The van der Waals surface area contributed by atoms with Gasteiger partial charge in [0.1, 0.15) is 19.0 Å². The Morgan fingerprint density at radius 2 is 1.84 bits per heavy atom. The SMILES string of the molecule is CCn1c(=NC(=O)CCCS(=O)(=O)c2ccc(F)cc2)sc2cc3c(cc21)OCCO3. The van der Waals surface area contributed by atoms with Crippen LogP contribution in [-0.2, 0) is 21.2 Å². The van der Waals surface area contributed by atoms with Crippen LogP contribution in [-0.4, -0.2) is 37.9 Å². The van der Waals surface area contributed by atoms with Gasteiger partial charge in [-0.15, -0.1) is 0 Å². The summed E-state index contributed by atoms with van der Waals surface area (Å²) >= 11 is 1.37. The molecule has 0 aliphatic carbocycles. The van der Waals surface area contributed by atoms with Gasteiger partial charge in [-0.3, -0.25) is 4.79 Å². The molecule has 1 aliphatic heterocycles. The highest BCUT2D eigenvalue weighted by Crippen LogP contribution is 2.35. The number of amides is 1. The van der Waals surface area contributed by atoms with Gasteiger partial charge >= 0.3 is 0 Å². The quantitative estimate of drug-likeness (QED) is 0.523. The first-order chi connectivity index (χ1) is 14.9. The van der Waals surface area contributed by atoms with E-state index in [-0.39, 0.29) is 29.4 Å². The van der Waals surface area contributed by atoms with Gasteiger partial charge in [0.25, 0.3) is 0 Å². The first-order valence-corrected chi connectivity index (χ1v) is 12.3. The molecule has 3 aromatic rings. The minimum atomic E-state index is -3.58. The van der Waals surface area contributed by atoms with Gasteiger partial charge in [-0.25, -0.2) is 12.8 Å². The lowest BCUT2D eigenvalue weighted by atomic mass is 10.2. The molecule has 0 radical (unpaired) electrons. The van der Waals surface area contributed by atoms with Gasteiger partial charge < -0.3 is 14.0 Å². The van der Waals surface area contributed by atoms with E-state index in [4.69, 9.17) is 9.47 Å². The molecule has 4 rings (SSSR count). The topological polar surface area (TPSA) is 87.0 Å². The van der Waals surface area contributed by atoms with E-state index in [0.717, 1.165) is 22.3 Å². The number of ether oxygens (including phenoxy) is 2. The van der Waals surface area contributed by atoms with Crippen molar-refractivity contribution in [2.45, 2.75) is 31.2 Å². The van der Waals surface area contributed by atoms with E-state index in [1.54, 1.807) is 0 Å². The molecular formula is C21H21FN2O5S2. The summed E-state index contributed by atoms with van der Waals surface area (Å²) in [6.45, 7) is 3.56. The van der Waals surface area contributed by atoms with E-state index in [1.807, 2.05) is 23.6 Å². The lowest BCUT2D eigenvalue weighted by Gasteiger charge is -2.18. The van der Waals surface area contributed by atoms with Gasteiger partial charge in [-0.1, -0.05) is 11.3 Å². The van der Waals surface area contributed by atoms with E-state index in [1.165, 1.54) is 23.5 Å². The molecule has 1 aliphatic rings. The van der Waals surface area contributed by atoms with Crippen molar-refractivity contribution in [1.82, 2.24) is 4.57 Å². The fraction of sp³-hybridized carbons (Fsp3) is 0.333. The fourth-order valence-corrected chi connectivity index (χ4v) is 5.77. The van der Waals surface area contributed by atoms with Gasteiger partial charge in [0.2, 0.25) is 5.91 Å². The molecule has 1 aromatic heterocycles. The van der Waals surface area contributed by atoms with Crippen molar-refractivity contribution < 1.29 is 27.1 Å². The lowest BCUT2D eigenvalue weighted by Crippen LogP contribution is -2.17. The normalized spacial score (nSPS) is 14.2. The lowest BCUT2D eigenvalue weighted by molar-refractivity contribution is -0.118. The number of sulfone groups is 1. The molecule has 0 fully saturated rings. The van der Waals surface area contributed by atoms with Crippen molar-refractivity contribution in [3.8, 4) is 11.5 Å². The number of fused-ring (bicyclic) bond motifs is 2. The number of aromatic nitrogens is 1. The number of thiazole rings is 1. The zero-order valence-electron chi connectivity index (χ0n) is 16.8. The highest BCUT2D eigenvalue weighted by molar-refractivity contribution is 7.91. The molecule has 1 amide bonds. The summed E-state index contributed by atoms with van der Waals surface area (Å²) in [6, 6.07) is 8.44. The van der Waals surface area contributed by atoms with Gasteiger partial charge in [0.15, 0.2) is 26.1 Å². The number of rotatable bonds is 6. The third-order valence-corrected chi connectivity index (χ3v) is 7.72. The van der Waals surface area contributed by atoms with Crippen LogP contribution in [0.5, 0.6) is 11.5 Å². The molecule has 10 heteroatoms. The minimum absolute atomic E-state index is 0.00110. The van der Waals surface area contributed by atoms with Crippen molar-refractivity contribution >= 4 is 37.3 Å². The highest BCUT2D eigenvalue weighted by Gasteiger charge is 2.17. The van der Waals surface area contributed by atoms with Crippen LogP contribution in [0.4, 0.5) is 4.39 Å². The fourth-order valence-electron chi connectivity index (χ4n) is 3.33. The minimum Gasteiger partial charge on any atom is -0.486 e. The molecule has 0 spiro atoms. The molecule has 2 heterocycles. The second-order valence-corrected chi connectivity index (χ2v) is 10.1. The van der Waals surface area contributed by atoms with Crippen LogP contribution in [0.1, 0.15) is 19.8 Å². The summed E-state index contributed by atoms with van der Waals surface area (Å²) in [4.78, 5) is 17.2. The molecule has 0 unspecified atom stereocenters. The first-order valence-electron chi connectivity index (χ1n) is 9.86. The predicted molar refractivity (Wildman–Crippen MR) is 115 cm³/mol. The highest BCUT2D eigenvalue weighted by atomic mass is 32.2. The maximum absolute atomic E-state index is 13.0. The van der Waals surface area contributed by atoms with Gasteiger partial charge in [0, 0.05) is 25.1 Å². The molecule has 31 heavy (non-hydrogen) atoms. The number of carbonyl (C=O) groups excluding carboxylic acids is 1. The number of halogens is 1. The van der Waals surface area contributed by atoms with Crippen LogP contribution in [0.15, 0.2) is 46.3 Å². The smallest absolute Gasteiger partial charge is 0.248 e. The molecule has 0 saturated heterocycles. The summed E-state index contributed by atoms with van der Waals surface area (Å²) in [5.41, 5.74) is 0.905. The molecule has 0 N–H and O–H groups in total. The number of hydrogen-bond donors (Lipinski definition) is 0. The summed E-state index contributed by atoms with van der Waals surface area (Å²) in [5, 5.41) is 0. The average molecular weight is 465 g/mol. The van der Waals surface area contributed by atoms with Crippen molar-refractivity contribution in [3.05, 3.63) is 47.0 Å². The van der Waals surface area contributed by atoms with Crippen molar-refractivity contribution in [2.75, 3.05) is 19.0 Å². The second-order valence-electron chi connectivity index (χ2n) is 6.97. The Morgan fingerprint density at radius 3 is 2.52 bits per heavy atom. The monoisotopic (exact) mass is 464 g/mol. The van der Waals surface area contributed by atoms with Crippen molar-refractivity contribution in [2.24, 2.45) is 4.99 Å². The maximum atomic E-state index is 13.0. The Balaban J connectivity index is 1.50. The Morgan fingerprint density at radius 1 is 1.16 bits per heavy atom. The van der Waals surface area contributed by atoms with E-state index in [2.05, 4.69) is 4.99 Å². The Hall–Kier alpha value is -2.72. The van der Waals surface area contributed by atoms with E-state index in [0.29, 0.717) is 36.1 Å². The third-order valence-electron chi connectivity index (χ3n) is 4.86. The van der Waals surface area contributed by atoms with Crippen LogP contribution in [0, 0.1) is 5.82 Å². The average Bonchev–Trinajstić information content (AvgIpc) is 3.07. The standard InChI is InChI=1S/C21H21FN2O5S2/c1-2-24-16-12-17-18(29-10-9-28-17)13-19(16)30-21(24)23-20(25)4-3-11-31(26,27)15-7-5-14(22)6-8-15/h5-8,12-13H,2-4,9-11H2,1H3. The Bertz CT molecular complexity index is 1290. The van der Waals surface area contributed by atoms with Gasteiger partial charge in [-0.05, 0) is 37.6 Å². The molecule has 164 valence electrons. The Kier molecular flexibility index (Phi) is 6.10. The number of carbonyl (C=O) groups is 1. The van der Waals surface area contributed by atoms with Crippen molar-refractivity contribution in [1.29, 1.82) is 0 Å². The molecule has 0 saturated carbocycles.